The van der Waals surface area contributed by atoms with Gasteiger partial charge in [0.2, 0.25) is 0 Å². The summed E-state index contributed by atoms with van der Waals surface area (Å²) in [5, 5.41) is 11.3. The van der Waals surface area contributed by atoms with Gasteiger partial charge in [-0.15, -0.1) is 5.10 Å². The van der Waals surface area contributed by atoms with Gasteiger partial charge in [-0.05, 0) is 18.7 Å². The standard InChI is InChI=1S/C10H13N5/c1-2-11-6-9-8-15(14-13-9)10-4-3-5-12-7-10/h3-5,7-8,11H,2,6H2,1H3. The molecule has 0 saturated carbocycles. The van der Waals surface area contributed by atoms with Crippen molar-refractivity contribution in [3.05, 3.63) is 36.4 Å². The Hall–Kier alpha value is -1.75. The Kier molecular flexibility index (Phi) is 3.04. The number of hydrogen-bond acceptors (Lipinski definition) is 4. The van der Waals surface area contributed by atoms with Gasteiger partial charge in [-0.3, -0.25) is 4.98 Å². The maximum absolute atomic E-state index is 4.05. The first-order chi connectivity index (χ1) is 7.40. The van der Waals surface area contributed by atoms with Gasteiger partial charge in [0, 0.05) is 12.7 Å². The van der Waals surface area contributed by atoms with E-state index in [0.717, 1.165) is 24.5 Å². The van der Waals surface area contributed by atoms with Crippen molar-refractivity contribution in [2.45, 2.75) is 13.5 Å². The van der Waals surface area contributed by atoms with Crippen molar-refractivity contribution in [1.29, 1.82) is 0 Å². The van der Waals surface area contributed by atoms with E-state index in [-0.39, 0.29) is 0 Å². The molecule has 2 aromatic rings. The van der Waals surface area contributed by atoms with Crippen molar-refractivity contribution < 1.29 is 0 Å². The summed E-state index contributed by atoms with van der Waals surface area (Å²) >= 11 is 0. The molecule has 2 rings (SSSR count). The van der Waals surface area contributed by atoms with Crippen LogP contribution in [0.25, 0.3) is 5.69 Å². The molecule has 0 aliphatic heterocycles. The van der Waals surface area contributed by atoms with E-state index in [2.05, 4.69) is 27.5 Å². The highest BCUT2D eigenvalue weighted by atomic mass is 15.4. The minimum absolute atomic E-state index is 0.747. The minimum Gasteiger partial charge on any atom is -0.311 e. The minimum atomic E-state index is 0.747. The van der Waals surface area contributed by atoms with Gasteiger partial charge >= 0.3 is 0 Å². The molecule has 15 heavy (non-hydrogen) atoms. The van der Waals surface area contributed by atoms with Crippen LogP contribution in [0.5, 0.6) is 0 Å². The van der Waals surface area contributed by atoms with Crippen LogP contribution in [0.15, 0.2) is 30.7 Å². The Morgan fingerprint density at radius 3 is 3.13 bits per heavy atom. The summed E-state index contributed by atoms with van der Waals surface area (Å²) in [6.45, 7) is 3.74. The van der Waals surface area contributed by atoms with Crippen molar-refractivity contribution in [3.8, 4) is 5.69 Å². The summed E-state index contributed by atoms with van der Waals surface area (Å²) in [4.78, 5) is 4.03. The Bertz CT molecular complexity index is 409. The average molecular weight is 203 g/mol. The maximum Gasteiger partial charge on any atom is 0.0969 e. The second-order valence-electron chi connectivity index (χ2n) is 3.15. The number of hydrogen-bond donors (Lipinski definition) is 1. The van der Waals surface area contributed by atoms with Crippen molar-refractivity contribution in [2.75, 3.05) is 6.54 Å². The Labute approximate surface area is 88.1 Å². The predicted molar refractivity (Wildman–Crippen MR) is 56.5 cm³/mol. The molecule has 0 radical (unpaired) electrons. The first-order valence-electron chi connectivity index (χ1n) is 4.92. The third kappa shape index (κ3) is 2.38. The first kappa shape index (κ1) is 9.79. The molecule has 0 aliphatic rings. The predicted octanol–water partition coefficient (Wildman–Crippen LogP) is 0.772. The molecule has 0 atom stereocenters. The fourth-order valence-corrected chi connectivity index (χ4v) is 1.25. The summed E-state index contributed by atoms with van der Waals surface area (Å²) in [5.74, 6) is 0. The van der Waals surface area contributed by atoms with Crippen LogP contribution in [0.2, 0.25) is 0 Å². The highest BCUT2D eigenvalue weighted by molar-refractivity contribution is 5.25. The van der Waals surface area contributed by atoms with E-state index >= 15 is 0 Å². The van der Waals surface area contributed by atoms with E-state index in [0.29, 0.717) is 0 Å². The van der Waals surface area contributed by atoms with Gasteiger partial charge in [0.25, 0.3) is 0 Å². The lowest BCUT2D eigenvalue weighted by Crippen LogP contribution is -2.11. The Morgan fingerprint density at radius 1 is 1.47 bits per heavy atom. The zero-order valence-corrected chi connectivity index (χ0v) is 8.59. The van der Waals surface area contributed by atoms with Crippen molar-refractivity contribution in [2.24, 2.45) is 0 Å². The second kappa shape index (κ2) is 4.65. The lowest BCUT2D eigenvalue weighted by Gasteiger charge is -1.97. The molecule has 0 unspecified atom stereocenters. The van der Waals surface area contributed by atoms with Crippen LogP contribution in [-0.4, -0.2) is 26.5 Å². The Morgan fingerprint density at radius 2 is 2.40 bits per heavy atom. The molecule has 0 spiro atoms. The van der Waals surface area contributed by atoms with E-state index in [1.54, 1.807) is 17.1 Å². The van der Waals surface area contributed by atoms with Gasteiger partial charge in [-0.2, -0.15) is 0 Å². The van der Waals surface area contributed by atoms with Crippen LogP contribution in [0, 0.1) is 0 Å². The summed E-state index contributed by atoms with van der Waals surface area (Å²) in [5.41, 5.74) is 1.86. The van der Waals surface area contributed by atoms with E-state index in [4.69, 9.17) is 0 Å². The largest absolute Gasteiger partial charge is 0.311 e. The van der Waals surface area contributed by atoms with Crippen LogP contribution in [-0.2, 0) is 6.54 Å². The molecular formula is C10H13N5. The molecule has 5 nitrogen and oxygen atoms in total. The van der Waals surface area contributed by atoms with Gasteiger partial charge in [-0.25, -0.2) is 4.68 Å². The van der Waals surface area contributed by atoms with Gasteiger partial charge in [0.05, 0.1) is 23.8 Å². The SMILES string of the molecule is CCNCc1cn(-c2cccnc2)nn1. The van der Waals surface area contributed by atoms with Crippen LogP contribution in [0.1, 0.15) is 12.6 Å². The maximum atomic E-state index is 4.05. The molecular weight excluding hydrogens is 190 g/mol. The molecule has 1 N–H and O–H groups in total. The third-order valence-corrected chi connectivity index (χ3v) is 2.01. The van der Waals surface area contributed by atoms with Crippen molar-refractivity contribution in [3.63, 3.8) is 0 Å². The number of nitrogens with zero attached hydrogens (tertiary/aromatic N) is 4. The zero-order chi connectivity index (χ0) is 10.5. The van der Waals surface area contributed by atoms with Gasteiger partial charge in [0.15, 0.2) is 0 Å². The summed E-state index contributed by atoms with van der Waals surface area (Å²) < 4.78 is 1.72. The lowest BCUT2D eigenvalue weighted by molar-refractivity contribution is 0.705. The van der Waals surface area contributed by atoms with E-state index in [1.807, 2.05) is 18.3 Å². The van der Waals surface area contributed by atoms with E-state index in [9.17, 15) is 0 Å². The number of rotatable bonds is 4. The molecule has 2 heterocycles. The highest BCUT2D eigenvalue weighted by Crippen LogP contribution is 2.03. The molecule has 0 bridgehead atoms. The monoisotopic (exact) mass is 203 g/mol. The molecule has 0 fully saturated rings. The highest BCUT2D eigenvalue weighted by Gasteiger charge is 2.01. The molecule has 5 heteroatoms. The quantitative estimate of drug-likeness (QED) is 0.797. The number of nitrogens with one attached hydrogen (secondary N) is 1. The van der Waals surface area contributed by atoms with E-state index < -0.39 is 0 Å². The van der Waals surface area contributed by atoms with Gasteiger partial charge in [0.1, 0.15) is 0 Å². The topological polar surface area (TPSA) is 55.6 Å². The molecule has 0 amide bonds. The zero-order valence-electron chi connectivity index (χ0n) is 8.59. The Balaban J connectivity index is 2.14. The van der Waals surface area contributed by atoms with Gasteiger partial charge in [-0.1, -0.05) is 12.1 Å². The smallest absolute Gasteiger partial charge is 0.0969 e. The summed E-state index contributed by atoms with van der Waals surface area (Å²) in [6, 6.07) is 3.82. The van der Waals surface area contributed by atoms with Crippen LogP contribution in [0.4, 0.5) is 0 Å². The first-order valence-corrected chi connectivity index (χ1v) is 4.92. The summed E-state index contributed by atoms with van der Waals surface area (Å²) in [6.07, 6.45) is 5.39. The average Bonchev–Trinajstić information content (AvgIpc) is 2.76. The lowest BCUT2D eigenvalue weighted by atomic mass is 10.4. The van der Waals surface area contributed by atoms with Crippen molar-refractivity contribution in [1.82, 2.24) is 25.3 Å². The summed E-state index contributed by atoms with van der Waals surface area (Å²) in [7, 11) is 0. The van der Waals surface area contributed by atoms with Crippen molar-refractivity contribution >= 4 is 0 Å². The van der Waals surface area contributed by atoms with Gasteiger partial charge < -0.3 is 5.32 Å². The van der Waals surface area contributed by atoms with Crippen LogP contribution < -0.4 is 5.32 Å². The third-order valence-electron chi connectivity index (χ3n) is 2.01. The molecule has 2 aromatic heterocycles. The number of aromatic nitrogens is 4. The molecule has 0 aliphatic carbocycles. The fraction of sp³-hybridized carbons (Fsp3) is 0.300. The second-order valence-corrected chi connectivity index (χ2v) is 3.15. The molecule has 78 valence electrons. The number of pyridine rings is 1. The van der Waals surface area contributed by atoms with Crippen LogP contribution in [0.3, 0.4) is 0 Å². The van der Waals surface area contributed by atoms with E-state index in [1.165, 1.54) is 0 Å². The molecule has 0 saturated heterocycles. The normalized spacial score (nSPS) is 10.5. The fourth-order valence-electron chi connectivity index (χ4n) is 1.25. The van der Waals surface area contributed by atoms with Crippen LogP contribution >= 0.6 is 0 Å². The molecule has 0 aromatic carbocycles.